The van der Waals surface area contributed by atoms with Gasteiger partial charge in [-0.3, -0.25) is 10.7 Å². The SMILES string of the molecule is CCCc1cc(C(=Cc2ccc(C(=O)OCC)o2)NO)c(O)cc1OC. The summed E-state index contributed by atoms with van der Waals surface area (Å²) in [6.45, 7) is 3.98. The third-order valence-corrected chi connectivity index (χ3v) is 3.72. The molecule has 0 aliphatic carbocycles. The number of benzene rings is 1. The van der Waals surface area contributed by atoms with Crippen molar-refractivity contribution >= 4 is 17.7 Å². The topological polar surface area (TPSA) is 101 Å². The van der Waals surface area contributed by atoms with Crippen LogP contribution in [0.3, 0.4) is 0 Å². The number of phenols is 1. The van der Waals surface area contributed by atoms with E-state index in [4.69, 9.17) is 13.9 Å². The Kier molecular flexibility index (Phi) is 6.68. The first-order valence-corrected chi connectivity index (χ1v) is 8.33. The fraction of sp³-hybridized carbons (Fsp3) is 0.316. The number of aromatic hydroxyl groups is 1. The van der Waals surface area contributed by atoms with Gasteiger partial charge in [0.05, 0.1) is 19.4 Å². The second-order valence-corrected chi connectivity index (χ2v) is 5.52. The summed E-state index contributed by atoms with van der Waals surface area (Å²) >= 11 is 0. The summed E-state index contributed by atoms with van der Waals surface area (Å²) in [4.78, 5) is 11.7. The number of hydroxylamine groups is 1. The minimum atomic E-state index is -0.566. The number of aryl methyl sites for hydroxylation is 1. The number of nitrogens with one attached hydrogen (secondary N) is 1. The van der Waals surface area contributed by atoms with E-state index < -0.39 is 5.97 Å². The molecule has 0 aliphatic heterocycles. The highest BCUT2D eigenvalue weighted by Crippen LogP contribution is 2.33. The third-order valence-electron chi connectivity index (χ3n) is 3.72. The molecular formula is C19H23NO6. The Morgan fingerprint density at radius 1 is 1.31 bits per heavy atom. The van der Waals surface area contributed by atoms with E-state index >= 15 is 0 Å². The van der Waals surface area contributed by atoms with E-state index in [-0.39, 0.29) is 23.8 Å². The lowest BCUT2D eigenvalue weighted by molar-refractivity contribution is 0.0489. The second-order valence-electron chi connectivity index (χ2n) is 5.52. The molecule has 0 amide bonds. The molecule has 7 heteroatoms. The predicted molar refractivity (Wildman–Crippen MR) is 96.1 cm³/mol. The first-order chi connectivity index (χ1) is 12.5. The van der Waals surface area contributed by atoms with Crippen LogP contribution in [0.1, 0.15) is 47.7 Å². The van der Waals surface area contributed by atoms with E-state index in [9.17, 15) is 15.1 Å². The minimum Gasteiger partial charge on any atom is -0.507 e. The summed E-state index contributed by atoms with van der Waals surface area (Å²) in [6.07, 6.45) is 3.12. The smallest absolute Gasteiger partial charge is 0.374 e. The predicted octanol–water partition coefficient (Wildman–Crippen LogP) is 3.60. The zero-order valence-corrected chi connectivity index (χ0v) is 15.0. The normalized spacial score (nSPS) is 11.3. The Hall–Kier alpha value is -2.93. The molecule has 3 N–H and O–H groups in total. The molecule has 0 atom stereocenters. The number of rotatable bonds is 8. The number of phenolic OH excluding ortho intramolecular Hbond substituents is 1. The van der Waals surface area contributed by atoms with Gasteiger partial charge in [-0.25, -0.2) is 4.79 Å². The maximum Gasteiger partial charge on any atom is 0.374 e. The van der Waals surface area contributed by atoms with Gasteiger partial charge >= 0.3 is 5.97 Å². The van der Waals surface area contributed by atoms with Gasteiger partial charge in [-0.2, -0.15) is 0 Å². The zero-order valence-electron chi connectivity index (χ0n) is 15.0. The number of ether oxygens (including phenoxy) is 2. The monoisotopic (exact) mass is 361 g/mol. The van der Waals surface area contributed by atoms with Crippen molar-refractivity contribution in [3.63, 3.8) is 0 Å². The molecule has 1 aromatic heterocycles. The summed E-state index contributed by atoms with van der Waals surface area (Å²) in [6, 6.07) is 6.28. The van der Waals surface area contributed by atoms with Crippen molar-refractivity contribution in [1.82, 2.24) is 5.48 Å². The number of hydrogen-bond donors (Lipinski definition) is 3. The van der Waals surface area contributed by atoms with Gasteiger partial charge in [0, 0.05) is 17.7 Å². The van der Waals surface area contributed by atoms with Gasteiger partial charge in [0.1, 0.15) is 17.3 Å². The molecule has 0 spiro atoms. The Labute approximate surface area is 151 Å². The first-order valence-electron chi connectivity index (χ1n) is 8.33. The quantitative estimate of drug-likeness (QED) is 0.488. The highest BCUT2D eigenvalue weighted by Gasteiger charge is 2.15. The molecule has 1 aromatic carbocycles. The number of esters is 1. The van der Waals surface area contributed by atoms with Crippen LogP contribution in [0, 0.1) is 0 Å². The number of methoxy groups -OCH3 is 1. The van der Waals surface area contributed by atoms with Crippen molar-refractivity contribution in [3.8, 4) is 11.5 Å². The Bertz CT molecular complexity index is 793. The molecule has 2 rings (SSSR count). The minimum absolute atomic E-state index is 0.0565. The van der Waals surface area contributed by atoms with Crippen molar-refractivity contribution < 1.29 is 29.0 Å². The highest BCUT2D eigenvalue weighted by atomic mass is 16.5. The van der Waals surface area contributed by atoms with E-state index in [1.165, 1.54) is 25.3 Å². The number of hydrogen-bond acceptors (Lipinski definition) is 7. The van der Waals surface area contributed by atoms with E-state index in [0.717, 1.165) is 18.4 Å². The van der Waals surface area contributed by atoms with E-state index in [1.807, 2.05) is 6.92 Å². The number of carbonyl (C=O) groups is 1. The van der Waals surface area contributed by atoms with Crippen LogP contribution in [0.4, 0.5) is 0 Å². The van der Waals surface area contributed by atoms with E-state index in [0.29, 0.717) is 17.1 Å². The Morgan fingerprint density at radius 3 is 2.69 bits per heavy atom. The van der Waals surface area contributed by atoms with Crippen LogP contribution >= 0.6 is 0 Å². The fourth-order valence-corrected chi connectivity index (χ4v) is 2.54. The summed E-state index contributed by atoms with van der Waals surface area (Å²) < 4.78 is 15.6. The van der Waals surface area contributed by atoms with Crippen LogP contribution in [0.15, 0.2) is 28.7 Å². The fourth-order valence-electron chi connectivity index (χ4n) is 2.54. The lowest BCUT2D eigenvalue weighted by Crippen LogP contribution is -2.07. The summed E-state index contributed by atoms with van der Waals surface area (Å²) in [5, 5.41) is 19.8. The molecular weight excluding hydrogens is 338 g/mol. The van der Waals surface area contributed by atoms with Crippen molar-refractivity contribution in [2.24, 2.45) is 0 Å². The Morgan fingerprint density at radius 2 is 2.08 bits per heavy atom. The summed E-state index contributed by atoms with van der Waals surface area (Å²) in [7, 11) is 1.54. The standard InChI is InChI=1S/C19H23NO6/c1-4-6-12-9-14(16(21)11-18(12)24-3)15(20-23)10-13-7-8-17(26-13)19(22)25-5-2/h7-11,20-21,23H,4-6H2,1-3H3. The van der Waals surface area contributed by atoms with Crippen LogP contribution in [-0.4, -0.2) is 30.0 Å². The van der Waals surface area contributed by atoms with Gasteiger partial charge in [-0.15, -0.1) is 0 Å². The highest BCUT2D eigenvalue weighted by molar-refractivity contribution is 5.87. The third kappa shape index (κ3) is 4.37. The largest absolute Gasteiger partial charge is 0.507 e. The van der Waals surface area contributed by atoms with Crippen LogP contribution in [0.2, 0.25) is 0 Å². The molecule has 140 valence electrons. The Balaban J connectivity index is 2.40. The number of furan rings is 1. The average molecular weight is 361 g/mol. The molecule has 1 heterocycles. The van der Waals surface area contributed by atoms with Crippen LogP contribution < -0.4 is 10.2 Å². The lowest BCUT2D eigenvalue weighted by atomic mass is 10.0. The average Bonchev–Trinajstić information content (AvgIpc) is 3.10. The molecule has 0 bridgehead atoms. The van der Waals surface area contributed by atoms with Gasteiger partial charge in [0.2, 0.25) is 5.76 Å². The van der Waals surface area contributed by atoms with Gasteiger partial charge in [0.15, 0.2) is 0 Å². The van der Waals surface area contributed by atoms with Crippen molar-refractivity contribution in [1.29, 1.82) is 0 Å². The lowest BCUT2D eigenvalue weighted by Gasteiger charge is -2.14. The van der Waals surface area contributed by atoms with Crippen LogP contribution in [0.25, 0.3) is 11.8 Å². The van der Waals surface area contributed by atoms with Crippen LogP contribution in [0.5, 0.6) is 11.5 Å². The molecule has 0 aliphatic rings. The molecule has 0 saturated carbocycles. The van der Waals surface area contributed by atoms with Crippen molar-refractivity contribution in [2.45, 2.75) is 26.7 Å². The summed E-state index contributed by atoms with van der Waals surface area (Å²) in [5.74, 6) is 0.320. The van der Waals surface area contributed by atoms with Crippen molar-refractivity contribution in [2.75, 3.05) is 13.7 Å². The van der Waals surface area contributed by atoms with Gasteiger partial charge in [0.25, 0.3) is 0 Å². The first kappa shape index (κ1) is 19.4. The number of carbonyl (C=O) groups excluding carboxylic acids is 1. The molecule has 0 radical (unpaired) electrons. The van der Waals surface area contributed by atoms with Gasteiger partial charge < -0.3 is 19.0 Å². The molecule has 2 aromatic rings. The maximum absolute atomic E-state index is 11.7. The second kappa shape index (κ2) is 8.96. The van der Waals surface area contributed by atoms with E-state index in [1.54, 1.807) is 19.1 Å². The molecule has 0 fully saturated rings. The molecule has 26 heavy (non-hydrogen) atoms. The molecule has 0 saturated heterocycles. The van der Waals surface area contributed by atoms with Gasteiger partial charge in [-0.05, 0) is 37.1 Å². The van der Waals surface area contributed by atoms with Gasteiger partial charge in [-0.1, -0.05) is 13.3 Å². The molecule has 0 unspecified atom stereocenters. The maximum atomic E-state index is 11.7. The van der Waals surface area contributed by atoms with Crippen molar-refractivity contribution in [3.05, 3.63) is 46.9 Å². The molecule has 7 nitrogen and oxygen atoms in total. The van der Waals surface area contributed by atoms with E-state index in [2.05, 4.69) is 5.48 Å². The summed E-state index contributed by atoms with van der Waals surface area (Å²) in [5.41, 5.74) is 3.56. The zero-order chi connectivity index (χ0) is 19.1. The van der Waals surface area contributed by atoms with Crippen LogP contribution in [-0.2, 0) is 11.2 Å².